The maximum atomic E-state index is 5.40. The number of rotatable bonds is 6. The van der Waals surface area contributed by atoms with E-state index in [-0.39, 0.29) is 17.8 Å². The average Bonchev–Trinajstić information content (AvgIpc) is 2.85. The van der Waals surface area contributed by atoms with E-state index >= 15 is 0 Å². The molecular formula is C17H26ClN3O. The van der Waals surface area contributed by atoms with E-state index in [2.05, 4.69) is 67.4 Å². The quantitative estimate of drug-likeness (QED) is 0.884. The van der Waals surface area contributed by atoms with Crippen LogP contribution >= 0.6 is 12.4 Å². The van der Waals surface area contributed by atoms with Gasteiger partial charge in [0, 0.05) is 18.9 Å². The Morgan fingerprint density at radius 1 is 1.23 bits per heavy atom. The SMILES string of the molecule is CNC(C)Cc1noc(CC(C)(C)c2ccc(C)cc2)n1.Cl. The van der Waals surface area contributed by atoms with Gasteiger partial charge in [-0.05, 0) is 31.9 Å². The van der Waals surface area contributed by atoms with Crippen LogP contribution in [-0.2, 0) is 18.3 Å². The van der Waals surface area contributed by atoms with E-state index in [4.69, 9.17) is 4.52 Å². The van der Waals surface area contributed by atoms with Gasteiger partial charge < -0.3 is 9.84 Å². The summed E-state index contributed by atoms with van der Waals surface area (Å²) in [4.78, 5) is 4.51. The van der Waals surface area contributed by atoms with E-state index in [1.54, 1.807) is 0 Å². The fourth-order valence-corrected chi connectivity index (χ4v) is 2.31. The molecule has 2 rings (SSSR count). The van der Waals surface area contributed by atoms with Gasteiger partial charge in [-0.25, -0.2) is 0 Å². The van der Waals surface area contributed by atoms with Gasteiger partial charge in [-0.1, -0.05) is 48.8 Å². The number of hydrogen-bond acceptors (Lipinski definition) is 4. The highest BCUT2D eigenvalue weighted by atomic mass is 35.5. The highest BCUT2D eigenvalue weighted by Gasteiger charge is 2.24. The van der Waals surface area contributed by atoms with E-state index in [0.29, 0.717) is 11.9 Å². The molecule has 0 aliphatic heterocycles. The minimum Gasteiger partial charge on any atom is -0.339 e. The zero-order valence-corrected chi connectivity index (χ0v) is 14.8. The van der Waals surface area contributed by atoms with Crippen molar-refractivity contribution in [2.24, 2.45) is 0 Å². The zero-order valence-electron chi connectivity index (χ0n) is 14.0. The molecule has 0 amide bonds. The Morgan fingerprint density at radius 3 is 2.45 bits per heavy atom. The van der Waals surface area contributed by atoms with Crippen molar-refractivity contribution in [1.82, 2.24) is 15.5 Å². The number of hydrogen-bond donors (Lipinski definition) is 1. The Hall–Kier alpha value is -1.39. The van der Waals surface area contributed by atoms with E-state index in [1.807, 2.05) is 7.05 Å². The predicted octanol–water partition coefficient (Wildman–Crippen LogP) is 3.47. The summed E-state index contributed by atoms with van der Waals surface area (Å²) in [6.07, 6.45) is 1.53. The topological polar surface area (TPSA) is 51.0 Å². The van der Waals surface area contributed by atoms with Crippen LogP contribution in [-0.4, -0.2) is 23.2 Å². The van der Waals surface area contributed by atoms with Crippen molar-refractivity contribution < 1.29 is 4.52 Å². The summed E-state index contributed by atoms with van der Waals surface area (Å²) in [5, 5.41) is 7.25. The number of benzene rings is 1. The third-order valence-corrected chi connectivity index (χ3v) is 3.92. The summed E-state index contributed by atoms with van der Waals surface area (Å²) < 4.78 is 5.40. The molecule has 1 N–H and O–H groups in total. The van der Waals surface area contributed by atoms with Crippen molar-refractivity contribution >= 4 is 12.4 Å². The maximum Gasteiger partial charge on any atom is 0.227 e. The molecule has 0 aliphatic rings. The van der Waals surface area contributed by atoms with Crippen LogP contribution in [0.4, 0.5) is 0 Å². The smallest absolute Gasteiger partial charge is 0.227 e. The molecule has 1 aromatic heterocycles. The molecule has 1 heterocycles. The molecule has 0 fully saturated rings. The summed E-state index contributed by atoms with van der Waals surface area (Å²) in [6, 6.07) is 8.99. The van der Waals surface area contributed by atoms with Crippen LogP contribution in [0.5, 0.6) is 0 Å². The molecule has 22 heavy (non-hydrogen) atoms. The van der Waals surface area contributed by atoms with Gasteiger partial charge in [-0.15, -0.1) is 12.4 Å². The Morgan fingerprint density at radius 2 is 1.86 bits per heavy atom. The Labute approximate surface area is 139 Å². The van der Waals surface area contributed by atoms with E-state index < -0.39 is 0 Å². The fraction of sp³-hybridized carbons (Fsp3) is 0.529. The molecule has 1 aromatic carbocycles. The molecule has 1 atom stereocenters. The van der Waals surface area contributed by atoms with Gasteiger partial charge in [0.25, 0.3) is 0 Å². The predicted molar refractivity (Wildman–Crippen MR) is 91.7 cm³/mol. The molecule has 1 unspecified atom stereocenters. The number of nitrogens with zero attached hydrogens (tertiary/aromatic N) is 2. The van der Waals surface area contributed by atoms with Gasteiger partial charge in [0.15, 0.2) is 5.82 Å². The van der Waals surface area contributed by atoms with Crippen molar-refractivity contribution in [2.75, 3.05) is 7.05 Å². The van der Waals surface area contributed by atoms with Crippen LogP contribution in [0.2, 0.25) is 0 Å². The van der Waals surface area contributed by atoms with Gasteiger partial charge in [0.1, 0.15) is 0 Å². The van der Waals surface area contributed by atoms with Crippen LogP contribution in [0.25, 0.3) is 0 Å². The summed E-state index contributed by atoms with van der Waals surface area (Å²) in [7, 11) is 1.94. The van der Waals surface area contributed by atoms with Crippen molar-refractivity contribution in [3.63, 3.8) is 0 Å². The molecule has 5 heteroatoms. The second-order valence-corrected chi connectivity index (χ2v) is 6.42. The maximum absolute atomic E-state index is 5.40. The first-order valence-electron chi connectivity index (χ1n) is 7.46. The summed E-state index contributed by atoms with van der Waals surface area (Å²) in [5.74, 6) is 1.48. The third-order valence-electron chi connectivity index (χ3n) is 3.92. The second kappa shape index (κ2) is 7.75. The van der Waals surface area contributed by atoms with Crippen molar-refractivity contribution in [3.8, 4) is 0 Å². The number of halogens is 1. The molecular weight excluding hydrogens is 298 g/mol. The van der Waals surface area contributed by atoms with Crippen LogP contribution in [0.15, 0.2) is 28.8 Å². The minimum absolute atomic E-state index is 0. The van der Waals surface area contributed by atoms with Crippen LogP contribution in [0.3, 0.4) is 0 Å². The lowest BCUT2D eigenvalue weighted by molar-refractivity contribution is 0.343. The standard InChI is InChI=1S/C17H25N3O.ClH/c1-12-6-8-14(9-7-12)17(3,4)11-16-19-15(20-21-16)10-13(2)18-5;/h6-9,13,18H,10-11H2,1-5H3;1H. The highest BCUT2D eigenvalue weighted by Crippen LogP contribution is 2.27. The molecule has 0 aliphatic carbocycles. The van der Waals surface area contributed by atoms with Crippen molar-refractivity contribution in [2.45, 2.75) is 52.0 Å². The number of aromatic nitrogens is 2. The normalized spacial score (nSPS) is 12.8. The molecule has 0 saturated carbocycles. The number of aryl methyl sites for hydroxylation is 1. The van der Waals surface area contributed by atoms with Crippen molar-refractivity contribution in [3.05, 3.63) is 47.1 Å². The summed E-state index contributed by atoms with van der Waals surface area (Å²) >= 11 is 0. The number of likely N-dealkylation sites (N-methyl/N-ethyl adjacent to an activating group) is 1. The van der Waals surface area contributed by atoms with Crippen molar-refractivity contribution in [1.29, 1.82) is 0 Å². The van der Waals surface area contributed by atoms with Gasteiger partial charge in [-0.2, -0.15) is 4.98 Å². The fourth-order valence-electron chi connectivity index (χ4n) is 2.31. The Balaban J connectivity index is 0.00000242. The molecule has 0 spiro atoms. The molecule has 0 bridgehead atoms. The first-order valence-corrected chi connectivity index (χ1v) is 7.46. The first-order chi connectivity index (χ1) is 9.90. The third kappa shape index (κ3) is 4.82. The van der Waals surface area contributed by atoms with Gasteiger partial charge in [0.05, 0.1) is 0 Å². The molecule has 122 valence electrons. The van der Waals surface area contributed by atoms with Crippen LogP contribution in [0.1, 0.15) is 43.6 Å². The van der Waals surface area contributed by atoms with Gasteiger partial charge >= 0.3 is 0 Å². The second-order valence-electron chi connectivity index (χ2n) is 6.42. The molecule has 2 aromatic rings. The van der Waals surface area contributed by atoms with E-state index in [9.17, 15) is 0 Å². The number of nitrogens with one attached hydrogen (secondary N) is 1. The molecule has 4 nitrogen and oxygen atoms in total. The average molecular weight is 324 g/mol. The summed E-state index contributed by atoms with van der Waals surface area (Å²) in [5.41, 5.74) is 2.54. The lowest BCUT2D eigenvalue weighted by Crippen LogP contribution is -2.24. The van der Waals surface area contributed by atoms with Crippen LogP contribution < -0.4 is 5.32 Å². The summed E-state index contributed by atoms with van der Waals surface area (Å²) in [6.45, 7) is 8.62. The van der Waals surface area contributed by atoms with Crippen LogP contribution in [0, 0.1) is 6.92 Å². The largest absolute Gasteiger partial charge is 0.339 e. The minimum atomic E-state index is -0.0217. The lowest BCUT2D eigenvalue weighted by atomic mass is 9.81. The van der Waals surface area contributed by atoms with Gasteiger partial charge in [0.2, 0.25) is 5.89 Å². The zero-order chi connectivity index (χ0) is 15.5. The lowest BCUT2D eigenvalue weighted by Gasteiger charge is -2.23. The Kier molecular flexibility index (Phi) is 6.57. The molecule has 0 radical (unpaired) electrons. The van der Waals surface area contributed by atoms with E-state index in [0.717, 1.165) is 18.7 Å². The van der Waals surface area contributed by atoms with Gasteiger partial charge in [-0.3, -0.25) is 0 Å². The highest BCUT2D eigenvalue weighted by molar-refractivity contribution is 5.85. The molecule has 0 saturated heterocycles. The monoisotopic (exact) mass is 323 g/mol. The Bertz CT molecular complexity index is 578. The van der Waals surface area contributed by atoms with E-state index in [1.165, 1.54) is 11.1 Å². The first kappa shape index (κ1) is 18.7.